The maximum Gasteiger partial charge on any atom is 0.122 e. The van der Waals surface area contributed by atoms with Crippen LogP contribution >= 0.6 is 0 Å². The number of hydrogen-bond acceptors (Lipinski definition) is 2. The van der Waals surface area contributed by atoms with Gasteiger partial charge in [0.05, 0.1) is 6.61 Å². The van der Waals surface area contributed by atoms with Gasteiger partial charge in [-0.25, -0.2) is 0 Å². The minimum absolute atomic E-state index is 0.475. The van der Waals surface area contributed by atoms with Crippen LogP contribution in [0.15, 0.2) is 18.2 Å². The van der Waals surface area contributed by atoms with Gasteiger partial charge in [-0.1, -0.05) is 32.9 Å². The second-order valence-electron chi connectivity index (χ2n) is 7.55. The highest BCUT2D eigenvalue weighted by atomic mass is 16.5. The third kappa shape index (κ3) is 3.26. The Kier molecular flexibility index (Phi) is 4.26. The number of nitrogens with one attached hydrogen (secondary N) is 1. The van der Waals surface area contributed by atoms with Crippen LogP contribution in [-0.4, -0.2) is 19.7 Å². The Balaban J connectivity index is 1.83. The maximum absolute atomic E-state index is 5.66. The van der Waals surface area contributed by atoms with Crippen LogP contribution in [0.5, 0.6) is 5.75 Å². The molecular formula is C19H29NO. The van der Waals surface area contributed by atoms with E-state index in [0.717, 1.165) is 37.8 Å². The summed E-state index contributed by atoms with van der Waals surface area (Å²) in [5.74, 6) is 2.58. The molecule has 2 nitrogen and oxygen atoms in total. The first-order chi connectivity index (χ1) is 10.1. The molecule has 1 heterocycles. The molecular weight excluding hydrogens is 258 g/mol. The van der Waals surface area contributed by atoms with E-state index in [1.54, 1.807) is 0 Å². The molecule has 2 unspecified atom stereocenters. The highest BCUT2D eigenvalue weighted by Crippen LogP contribution is 2.47. The number of rotatable bonds is 4. The Morgan fingerprint density at radius 2 is 2.19 bits per heavy atom. The van der Waals surface area contributed by atoms with Crippen molar-refractivity contribution in [2.24, 2.45) is 11.3 Å². The molecule has 0 spiro atoms. The highest BCUT2D eigenvalue weighted by Gasteiger charge is 2.35. The summed E-state index contributed by atoms with van der Waals surface area (Å²) < 4.78 is 5.66. The molecule has 2 atom stereocenters. The second kappa shape index (κ2) is 6.00. The first kappa shape index (κ1) is 14.9. The Hall–Kier alpha value is -1.02. The molecule has 116 valence electrons. The fourth-order valence-corrected chi connectivity index (χ4v) is 4.04. The van der Waals surface area contributed by atoms with Gasteiger partial charge >= 0.3 is 0 Å². The molecule has 1 aliphatic heterocycles. The minimum Gasteiger partial charge on any atom is -0.493 e. The second-order valence-corrected chi connectivity index (χ2v) is 7.55. The summed E-state index contributed by atoms with van der Waals surface area (Å²) in [7, 11) is 0. The first-order valence-electron chi connectivity index (χ1n) is 8.55. The van der Waals surface area contributed by atoms with Crippen molar-refractivity contribution in [1.29, 1.82) is 0 Å². The topological polar surface area (TPSA) is 21.3 Å². The number of fused-ring (bicyclic) bond motifs is 1. The van der Waals surface area contributed by atoms with Gasteiger partial charge in [-0.2, -0.15) is 0 Å². The summed E-state index contributed by atoms with van der Waals surface area (Å²) >= 11 is 0. The van der Waals surface area contributed by atoms with E-state index in [1.165, 1.54) is 30.4 Å². The van der Waals surface area contributed by atoms with E-state index in [-0.39, 0.29) is 0 Å². The monoisotopic (exact) mass is 287 g/mol. The van der Waals surface area contributed by atoms with Crippen molar-refractivity contribution in [3.05, 3.63) is 29.3 Å². The molecule has 0 saturated heterocycles. The van der Waals surface area contributed by atoms with Crippen LogP contribution in [-0.2, 0) is 6.42 Å². The number of ether oxygens (including phenoxy) is 1. The molecule has 2 heteroatoms. The maximum atomic E-state index is 5.66. The normalized spacial score (nSPS) is 27.2. The smallest absolute Gasteiger partial charge is 0.122 e. The van der Waals surface area contributed by atoms with Crippen molar-refractivity contribution in [3.8, 4) is 5.75 Å². The summed E-state index contributed by atoms with van der Waals surface area (Å²) in [5, 5.41) is 3.57. The predicted octanol–water partition coefficient (Wildman–Crippen LogP) is 4.14. The van der Waals surface area contributed by atoms with Crippen molar-refractivity contribution in [1.82, 2.24) is 5.32 Å². The van der Waals surface area contributed by atoms with E-state index in [1.807, 2.05) is 0 Å². The van der Waals surface area contributed by atoms with E-state index < -0.39 is 0 Å². The molecule has 3 rings (SSSR count). The van der Waals surface area contributed by atoms with Crippen molar-refractivity contribution in [2.75, 3.05) is 19.7 Å². The van der Waals surface area contributed by atoms with Gasteiger partial charge in [-0.3, -0.25) is 0 Å². The fraction of sp³-hybridized carbons (Fsp3) is 0.684. The molecule has 1 fully saturated rings. The summed E-state index contributed by atoms with van der Waals surface area (Å²) in [6.07, 6.45) is 5.09. The standard InChI is InChI=1S/C19H29NO/c1-4-20-13-16-7-9-19(2,3)12-17(16)14-5-6-18-15(11-14)8-10-21-18/h5-6,11,16-17,20H,4,7-10,12-13H2,1-3H3. The quantitative estimate of drug-likeness (QED) is 0.898. The molecule has 2 aliphatic rings. The fourth-order valence-electron chi connectivity index (χ4n) is 4.04. The van der Waals surface area contributed by atoms with E-state index in [4.69, 9.17) is 4.74 Å². The van der Waals surface area contributed by atoms with Crippen LogP contribution < -0.4 is 10.1 Å². The number of benzene rings is 1. The van der Waals surface area contributed by atoms with Crippen molar-refractivity contribution >= 4 is 0 Å². The van der Waals surface area contributed by atoms with Crippen molar-refractivity contribution in [2.45, 2.75) is 52.4 Å². The largest absolute Gasteiger partial charge is 0.493 e. The van der Waals surface area contributed by atoms with E-state index in [2.05, 4.69) is 44.3 Å². The van der Waals surface area contributed by atoms with Gasteiger partial charge in [0.15, 0.2) is 0 Å². The van der Waals surface area contributed by atoms with Crippen LogP contribution in [0.3, 0.4) is 0 Å². The summed E-state index contributed by atoms with van der Waals surface area (Å²) in [5.41, 5.74) is 3.43. The third-order valence-electron chi connectivity index (χ3n) is 5.33. The molecule has 1 saturated carbocycles. The zero-order chi connectivity index (χ0) is 14.9. The highest BCUT2D eigenvalue weighted by molar-refractivity contribution is 5.41. The predicted molar refractivity (Wildman–Crippen MR) is 88.0 cm³/mol. The first-order valence-corrected chi connectivity index (χ1v) is 8.55. The Labute approximate surface area is 129 Å². The van der Waals surface area contributed by atoms with Gasteiger partial charge in [0.1, 0.15) is 5.75 Å². The molecule has 1 N–H and O–H groups in total. The molecule has 1 aromatic carbocycles. The van der Waals surface area contributed by atoms with Gasteiger partial charge in [0.25, 0.3) is 0 Å². The molecule has 1 aromatic rings. The van der Waals surface area contributed by atoms with E-state index in [9.17, 15) is 0 Å². The molecule has 0 radical (unpaired) electrons. The summed E-state index contributed by atoms with van der Waals surface area (Å²) in [6.45, 7) is 10.2. The Morgan fingerprint density at radius 1 is 1.33 bits per heavy atom. The molecule has 21 heavy (non-hydrogen) atoms. The van der Waals surface area contributed by atoms with Gasteiger partial charge in [-0.05, 0) is 66.8 Å². The minimum atomic E-state index is 0.475. The molecule has 0 aromatic heterocycles. The average Bonchev–Trinajstić information content (AvgIpc) is 2.92. The molecule has 0 bridgehead atoms. The lowest BCUT2D eigenvalue weighted by molar-refractivity contribution is 0.160. The third-order valence-corrected chi connectivity index (χ3v) is 5.33. The Bertz CT molecular complexity index is 494. The van der Waals surface area contributed by atoms with E-state index >= 15 is 0 Å². The SMILES string of the molecule is CCNCC1CCC(C)(C)CC1c1ccc2c(c1)CCO2. The zero-order valence-corrected chi connectivity index (χ0v) is 13.7. The average molecular weight is 287 g/mol. The van der Waals surface area contributed by atoms with Gasteiger partial charge < -0.3 is 10.1 Å². The van der Waals surface area contributed by atoms with Crippen LogP contribution in [0, 0.1) is 11.3 Å². The van der Waals surface area contributed by atoms with Gasteiger partial charge in [0.2, 0.25) is 0 Å². The lowest BCUT2D eigenvalue weighted by atomic mass is 9.65. The number of hydrogen-bond donors (Lipinski definition) is 1. The summed E-state index contributed by atoms with van der Waals surface area (Å²) in [6, 6.07) is 6.94. The van der Waals surface area contributed by atoms with Gasteiger partial charge in [0, 0.05) is 6.42 Å². The van der Waals surface area contributed by atoms with Crippen molar-refractivity contribution < 1.29 is 4.74 Å². The zero-order valence-electron chi connectivity index (χ0n) is 13.7. The Morgan fingerprint density at radius 3 is 3.00 bits per heavy atom. The van der Waals surface area contributed by atoms with Crippen LogP contribution in [0.2, 0.25) is 0 Å². The van der Waals surface area contributed by atoms with Crippen LogP contribution in [0.25, 0.3) is 0 Å². The lowest BCUT2D eigenvalue weighted by Gasteiger charge is -2.41. The van der Waals surface area contributed by atoms with Crippen molar-refractivity contribution in [3.63, 3.8) is 0 Å². The van der Waals surface area contributed by atoms with Crippen LogP contribution in [0.1, 0.15) is 57.1 Å². The van der Waals surface area contributed by atoms with Gasteiger partial charge in [-0.15, -0.1) is 0 Å². The molecule has 1 aliphatic carbocycles. The van der Waals surface area contributed by atoms with Crippen LogP contribution in [0.4, 0.5) is 0 Å². The lowest BCUT2D eigenvalue weighted by Crippen LogP contribution is -2.34. The summed E-state index contributed by atoms with van der Waals surface area (Å²) in [4.78, 5) is 0. The van der Waals surface area contributed by atoms with E-state index in [0.29, 0.717) is 11.3 Å². The molecule has 0 amide bonds.